The molecule has 1 aliphatic rings. The highest BCUT2D eigenvalue weighted by Crippen LogP contribution is 2.30. The van der Waals surface area contributed by atoms with Crippen molar-refractivity contribution in [3.05, 3.63) is 29.6 Å². The lowest BCUT2D eigenvalue weighted by Gasteiger charge is -2.19. The maximum Gasteiger partial charge on any atom is 0.141 e. The van der Waals surface area contributed by atoms with Crippen molar-refractivity contribution in [2.24, 2.45) is 0 Å². The molecule has 1 unspecified atom stereocenters. The van der Waals surface area contributed by atoms with Crippen molar-refractivity contribution in [2.45, 2.75) is 6.04 Å². The minimum atomic E-state index is -0.344. The van der Waals surface area contributed by atoms with Crippen molar-refractivity contribution in [3.8, 4) is 5.75 Å². The van der Waals surface area contributed by atoms with Crippen LogP contribution in [0.3, 0.4) is 0 Å². The smallest absolute Gasteiger partial charge is 0.141 e. The van der Waals surface area contributed by atoms with Crippen LogP contribution in [0.5, 0.6) is 5.75 Å². The van der Waals surface area contributed by atoms with E-state index in [0.29, 0.717) is 18.9 Å². The van der Waals surface area contributed by atoms with Crippen molar-refractivity contribution < 1.29 is 13.9 Å². The fourth-order valence-corrected chi connectivity index (χ4v) is 1.73. The molecular weight excluding hydrogens is 197 g/mol. The van der Waals surface area contributed by atoms with Gasteiger partial charge in [0.15, 0.2) is 0 Å². The first-order valence-corrected chi connectivity index (χ1v) is 4.80. The quantitative estimate of drug-likeness (QED) is 0.654. The van der Waals surface area contributed by atoms with Crippen LogP contribution in [0.15, 0.2) is 18.2 Å². The summed E-state index contributed by atoms with van der Waals surface area (Å²) in [4.78, 5) is 12.9. The molecule has 0 radical (unpaired) electrons. The fraction of sp³-hybridized carbons (Fsp3) is 0.364. The van der Waals surface area contributed by atoms with Crippen LogP contribution >= 0.6 is 0 Å². The molecule has 0 spiro atoms. The van der Waals surface area contributed by atoms with E-state index in [4.69, 9.17) is 4.74 Å². The molecule has 0 aromatic heterocycles. The van der Waals surface area contributed by atoms with Crippen LogP contribution in [0.25, 0.3) is 0 Å². The third-order valence-corrected chi connectivity index (χ3v) is 2.60. The van der Waals surface area contributed by atoms with E-state index in [1.165, 1.54) is 12.1 Å². The largest absolute Gasteiger partial charge is 0.492 e. The first-order valence-electron chi connectivity index (χ1n) is 4.80. The summed E-state index contributed by atoms with van der Waals surface area (Å²) in [6.45, 7) is 1.12. The minimum absolute atomic E-state index is 0.344. The topological polar surface area (TPSA) is 29.5 Å². The van der Waals surface area contributed by atoms with Gasteiger partial charge in [-0.05, 0) is 13.1 Å². The summed E-state index contributed by atoms with van der Waals surface area (Å²) in [6, 6.07) is 3.93. The van der Waals surface area contributed by atoms with Gasteiger partial charge in [0.05, 0.1) is 6.04 Å². The molecule has 0 aliphatic carbocycles. The Morgan fingerprint density at radius 2 is 2.40 bits per heavy atom. The minimum Gasteiger partial charge on any atom is -0.492 e. The fourth-order valence-electron chi connectivity index (χ4n) is 1.73. The number of halogens is 1. The Bertz CT molecular complexity index is 381. The molecule has 2 rings (SSSR count). The molecule has 1 aromatic carbocycles. The first kappa shape index (κ1) is 10.1. The predicted molar refractivity (Wildman–Crippen MR) is 53.3 cm³/mol. The van der Waals surface area contributed by atoms with Gasteiger partial charge in [0.1, 0.15) is 24.5 Å². The van der Waals surface area contributed by atoms with E-state index in [-0.39, 0.29) is 11.9 Å². The number of hydrogen-bond donors (Lipinski definition) is 0. The molecule has 4 heteroatoms. The highest BCUT2D eigenvalue weighted by Gasteiger charge is 2.23. The summed E-state index contributed by atoms with van der Waals surface area (Å²) < 4.78 is 18.4. The number of carbonyl (C=O) groups excluding carboxylic acids is 1. The second-order valence-electron chi connectivity index (χ2n) is 3.59. The van der Waals surface area contributed by atoms with Crippen LogP contribution in [0.2, 0.25) is 0 Å². The number of likely N-dealkylation sites (N-methyl/N-ethyl adjacent to an activating group) is 1. The summed E-state index contributed by atoms with van der Waals surface area (Å²) in [5, 5.41) is 0. The van der Waals surface area contributed by atoms with Crippen LogP contribution in [0.4, 0.5) is 4.39 Å². The van der Waals surface area contributed by atoms with Gasteiger partial charge in [-0.1, -0.05) is 6.07 Å². The highest BCUT2D eigenvalue weighted by molar-refractivity contribution is 5.64. The van der Waals surface area contributed by atoms with Gasteiger partial charge in [0.2, 0.25) is 0 Å². The summed E-state index contributed by atoms with van der Waals surface area (Å²) in [7, 11) is 1.85. The Morgan fingerprint density at radius 1 is 1.60 bits per heavy atom. The number of aldehydes is 1. The highest BCUT2D eigenvalue weighted by atomic mass is 19.1. The molecular formula is C11H12FNO2. The molecule has 80 valence electrons. The third kappa shape index (κ3) is 1.85. The zero-order valence-corrected chi connectivity index (χ0v) is 8.44. The lowest BCUT2D eigenvalue weighted by atomic mass is 10.1. The zero-order chi connectivity index (χ0) is 10.8. The molecule has 1 aromatic rings. The standard InChI is InChI=1S/C11H12FNO2/c1-13-4-5-15-11-6-8(12)2-3-9(11)10(13)7-14/h2-3,6-7,10H,4-5H2,1H3. The van der Waals surface area contributed by atoms with Crippen molar-refractivity contribution in [2.75, 3.05) is 20.2 Å². The van der Waals surface area contributed by atoms with Gasteiger partial charge in [-0.25, -0.2) is 4.39 Å². The van der Waals surface area contributed by atoms with Crippen molar-refractivity contribution in [3.63, 3.8) is 0 Å². The molecule has 15 heavy (non-hydrogen) atoms. The molecule has 3 nitrogen and oxygen atoms in total. The Labute approximate surface area is 87.5 Å². The number of carbonyl (C=O) groups is 1. The summed E-state index contributed by atoms with van der Waals surface area (Å²) in [6.07, 6.45) is 0.853. The number of hydrogen-bond acceptors (Lipinski definition) is 3. The molecule has 0 saturated carbocycles. The van der Waals surface area contributed by atoms with Crippen LogP contribution < -0.4 is 4.74 Å². The molecule has 0 amide bonds. The van der Waals surface area contributed by atoms with E-state index >= 15 is 0 Å². The summed E-state index contributed by atoms with van der Waals surface area (Å²) in [5.41, 5.74) is 0.728. The maximum atomic E-state index is 13.0. The summed E-state index contributed by atoms with van der Waals surface area (Å²) in [5.74, 6) is 0.124. The molecule has 1 aliphatic heterocycles. The zero-order valence-electron chi connectivity index (χ0n) is 8.44. The van der Waals surface area contributed by atoms with E-state index < -0.39 is 0 Å². The number of benzene rings is 1. The number of ether oxygens (including phenoxy) is 1. The van der Waals surface area contributed by atoms with E-state index in [1.54, 1.807) is 6.07 Å². The van der Waals surface area contributed by atoms with E-state index in [1.807, 2.05) is 11.9 Å². The van der Waals surface area contributed by atoms with Crippen LogP contribution in [0.1, 0.15) is 11.6 Å². The van der Waals surface area contributed by atoms with E-state index in [2.05, 4.69) is 0 Å². The Morgan fingerprint density at radius 3 is 3.13 bits per heavy atom. The maximum absolute atomic E-state index is 13.0. The second kappa shape index (κ2) is 3.98. The predicted octanol–water partition coefficient (Wildman–Crippen LogP) is 1.39. The van der Waals surface area contributed by atoms with Gasteiger partial charge >= 0.3 is 0 Å². The average Bonchev–Trinajstić information content (AvgIpc) is 2.36. The molecule has 1 atom stereocenters. The van der Waals surface area contributed by atoms with Crippen molar-refractivity contribution in [1.82, 2.24) is 4.90 Å². The number of rotatable bonds is 1. The number of nitrogens with zero attached hydrogens (tertiary/aromatic N) is 1. The van der Waals surface area contributed by atoms with Gasteiger partial charge in [0, 0.05) is 18.2 Å². The molecule has 0 bridgehead atoms. The number of fused-ring (bicyclic) bond motifs is 1. The van der Waals surface area contributed by atoms with Crippen molar-refractivity contribution >= 4 is 6.29 Å². The Balaban J connectivity index is 2.47. The van der Waals surface area contributed by atoms with Crippen LogP contribution in [-0.2, 0) is 4.79 Å². The average molecular weight is 209 g/mol. The molecule has 0 fully saturated rings. The van der Waals surface area contributed by atoms with E-state index in [9.17, 15) is 9.18 Å². The summed E-state index contributed by atoms with van der Waals surface area (Å²) >= 11 is 0. The van der Waals surface area contributed by atoms with Gasteiger partial charge in [-0.3, -0.25) is 4.90 Å². The molecule has 1 heterocycles. The van der Waals surface area contributed by atoms with Crippen LogP contribution in [0, 0.1) is 5.82 Å². The normalized spacial score (nSPS) is 21.3. The van der Waals surface area contributed by atoms with Gasteiger partial charge in [-0.15, -0.1) is 0 Å². The van der Waals surface area contributed by atoms with E-state index in [0.717, 1.165) is 11.8 Å². The SMILES string of the molecule is CN1CCOc2cc(F)ccc2C1C=O. The first-order chi connectivity index (χ1) is 7.22. The lowest BCUT2D eigenvalue weighted by Crippen LogP contribution is -2.27. The van der Waals surface area contributed by atoms with Gasteiger partial charge < -0.3 is 9.53 Å². The van der Waals surface area contributed by atoms with Gasteiger partial charge in [-0.2, -0.15) is 0 Å². The van der Waals surface area contributed by atoms with Gasteiger partial charge in [0.25, 0.3) is 0 Å². The Hall–Kier alpha value is -1.42. The second-order valence-corrected chi connectivity index (χ2v) is 3.59. The Kier molecular flexibility index (Phi) is 2.68. The third-order valence-electron chi connectivity index (χ3n) is 2.60. The van der Waals surface area contributed by atoms with Crippen LogP contribution in [-0.4, -0.2) is 31.4 Å². The molecule has 0 N–H and O–H groups in total. The lowest BCUT2D eigenvalue weighted by molar-refractivity contribution is -0.112. The molecule has 0 saturated heterocycles. The monoisotopic (exact) mass is 209 g/mol. The van der Waals surface area contributed by atoms with Crippen molar-refractivity contribution in [1.29, 1.82) is 0 Å².